The van der Waals surface area contributed by atoms with E-state index in [2.05, 4.69) is 5.32 Å². The van der Waals surface area contributed by atoms with E-state index >= 15 is 0 Å². The molecule has 0 aliphatic heterocycles. The molecule has 0 atom stereocenters. The van der Waals surface area contributed by atoms with E-state index < -0.39 is 0 Å². The number of carbonyl (C=O) groups excluding carboxylic acids is 1. The third-order valence-electron chi connectivity index (χ3n) is 5.13. The van der Waals surface area contributed by atoms with Crippen molar-refractivity contribution in [2.75, 3.05) is 13.2 Å². The predicted molar refractivity (Wildman–Crippen MR) is 127 cm³/mol. The fraction of sp³-hybridized carbons (Fsp3) is 0.185. The number of fused-ring (bicyclic) bond motifs is 1. The van der Waals surface area contributed by atoms with E-state index in [-0.39, 0.29) is 5.91 Å². The Bertz CT molecular complexity index is 1220. The van der Waals surface area contributed by atoms with Gasteiger partial charge >= 0.3 is 0 Å². The number of nitrogens with zero attached hydrogens (tertiary/aromatic N) is 1. The lowest BCUT2D eigenvalue weighted by Crippen LogP contribution is -2.23. The van der Waals surface area contributed by atoms with Crippen molar-refractivity contribution in [1.82, 2.24) is 10.3 Å². The molecular weight excluding hydrogens is 400 g/mol. The second-order valence-electron chi connectivity index (χ2n) is 7.25. The highest BCUT2D eigenvalue weighted by Crippen LogP contribution is 2.27. The van der Waals surface area contributed by atoms with E-state index in [1.54, 1.807) is 0 Å². The first-order valence-corrected chi connectivity index (χ1v) is 10.8. The highest BCUT2D eigenvalue weighted by atomic mass is 16.5. The molecule has 3 aromatic carbocycles. The summed E-state index contributed by atoms with van der Waals surface area (Å²) >= 11 is 0. The second kappa shape index (κ2) is 9.96. The van der Waals surface area contributed by atoms with Crippen molar-refractivity contribution in [1.29, 1.82) is 0 Å². The first-order chi connectivity index (χ1) is 15.7. The Hall–Kier alpha value is -3.86. The number of nitrogens with one attached hydrogen (secondary N) is 1. The molecular formula is C27H26N2O3. The topological polar surface area (TPSA) is 60.5 Å². The predicted octanol–water partition coefficient (Wildman–Crippen LogP) is 5.63. The molecule has 1 heterocycles. The second-order valence-corrected chi connectivity index (χ2v) is 7.25. The maximum atomic E-state index is 13.2. The highest BCUT2D eigenvalue weighted by molar-refractivity contribution is 6.07. The van der Waals surface area contributed by atoms with Crippen LogP contribution in [0.4, 0.5) is 0 Å². The van der Waals surface area contributed by atoms with Crippen LogP contribution in [0.3, 0.4) is 0 Å². The van der Waals surface area contributed by atoms with E-state index in [1.807, 2.05) is 92.7 Å². The van der Waals surface area contributed by atoms with Crippen molar-refractivity contribution in [2.24, 2.45) is 0 Å². The van der Waals surface area contributed by atoms with Crippen molar-refractivity contribution >= 4 is 16.8 Å². The van der Waals surface area contributed by atoms with Crippen LogP contribution in [0.1, 0.15) is 29.8 Å². The van der Waals surface area contributed by atoms with E-state index in [0.717, 1.165) is 39.2 Å². The summed E-state index contributed by atoms with van der Waals surface area (Å²) in [6.07, 6.45) is 0. The van der Waals surface area contributed by atoms with E-state index in [9.17, 15) is 4.79 Å². The molecule has 0 aliphatic carbocycles. The van der Waals surface area contributed by atoms with Crippen LogP contribution in [0.15, 0.2) is 78.9 Å². The van der Waals surface area contributed by atoms with Crippen molar-refractivity contribution in [3.05, 3.63) is 90.0 Å². The monoisotopic (exact) mass is 426 g/mol. The van der Waals surface area contributed by atoms with Crippen molar-refractivity contribution in [3.63, 3.8) is 0 Å². The van der Waals surface area contributed by atoms with Crippen molar-refractivity contribution in [3.8, 4) is 22.8 Å². The van der Waals surface area contributed by atoms with Crippen LogP contribution in [0.5, 0.6) is 11.5 Å². The molecule has 0 spiro atoms. The van der Waals surface area contributed by atoms with Gasteiger partial charge in [0, 0.05) is 23.1 Å². The number of pyridine rings is 1. The molecule has 4 aromatic rings. The summed E-state index contributed by atoms with van der Waals surface area (Å²) in [6, 6.07) is 25.0. The number of aromatic nitrogens is 1. The highest BCUT2D eigenvalue weighted by Gasteiger charge is 2.15. The van der Waals surface area contributed by atoms with Crippen LogP contribution in [0, 0.1) is 0 Å². The maximum Gasteiger partial charge on any atom is 0.252 e. The first kappa shape index (κ1) is 21.4. The smallest absolute Gasteiger partial charge is 0.252 e. The van der Waals surface area contributed by atoms with Gasteiger partial charge < -0.3 is 14.8 Å². The number of amides is 1. The minimum absolute atomic E-state index is 0.151. The fourth-order valence-corrected chi connectivity index (χ4v) is 3.62. The van der Waals surface area contributed by atoms with Gasteiger partial charge in [-0.3, -0.25) is 4.79 Å². The van der Waals surface area contributed by atoms with Gasteiger partial charge in [-0.25, -0.2) is 4.98 Å². The Kier molecular flexibility index (Phi) is 6.66. The molecule has 4 rings (SSSR count). The number of hydrogen-bond acceptors (Lipinski definition) is 4. The third-order valence-corrected chi connectivity index (χ3v) is 5.13. The first-order valence-electron chi connectivity index (χ1n) is 10.8. The Morgan fingerprint density at radius 2 is 1.59 bits per heavy atom. The normalized spacial score (nSPS) is 10.7. The Morgan fingerprint density at radius 1 is 0.875 bits per heavy atom. The van der Waals surface area contributed by atoms with Crippen LogP contribution >= 0.6 is 0 Å². The zero-order valence-electron chi connectivity index (χ0n) is 18.3. The molecule has 1 aromatic heterocycles. The zero-order chi connectivity index (χ0) is 22.3. The van der Waals surface area contributed by atoms with Gasteiger partial charge in [0.15, 0.2) is 0 Å². The molecule has 0 aliphatic rings. The number of ether oxygens (including phenoxy) is 2. The van der Waals surface area contributed by atoms with E-state index in [0.29, 0.717) is 25.3 Å². The molecule has 32 heavy (non-hydrogen) atoms. The van der Waals surface area contributed by atoms with Gasteiger partial charge in [-0.15, -0.1) is 0 Å². The van der Waals surface area contributed by atoms with Gasteiger partial charge in [0.05, 0.1) is 30.0 Å². The Balaban J connectivity index is 1.65. The van der Waals surface area contributed by atoms with Gasteiger partial charge in [0.25, 0.3) is 5.91 Å². The van der Waals surface area contributed by atoms with E-state index in [4.69, 9.17) is 14.5 Å². The molecule has 0 saturated heterocycles. The number of carbonyl (C=O) groups is 1. The maximum absolute atomic E-state index is 13.2. The molecule has 5 nitrogen and oxygen atoms in total. The average Bonchev–Trinajstić information content (AvgIpc) is 2.83. The van der Waals surface area contributed by atoms with Crippen LogP contribution < -0.4 is 14.8 Å². The fourth-order valence-electron chi connectivity index (χ4n) is 3.62. The van der Waals surface area contributed by atoms with Crippen LogP contribution in [0.25, 0.3) is 22.2 Å². The lowest BCUT2D eigenvalue weighted by Gasteiger charge is -2.13. The van der Waals surface area contributed by atoms with Gasteiger partial charge in [-0.1, -0.05) is 36.4 Å². The van der Waals surface area contributed by atoms with Crippen molar-refractivity contribution in [2.45, 2.75) is 20.4 Å². The lowest BCUT2D eigenvalue weighted by molar-refractivity contribution is 0.0952. The number of para-hydroxylation sites is 2. The van der Waals surface area contributed by atoms with Crippen LogP contribution in [-0.4, -0.2) is 24.1 Å². The van der Waals surface area contributed by atoms with Gasteiger partial charge in [-0.2, -0.15) is 0 Å². The molecule has 1 N–H and O–H groups in total. The molecule has 5 heteroatoms. The van der Waals surface area contributed by atoms with Gasteiger partial charge in [0.1, 0.15) is 11.5 Å². The zero-order valence-corrected chi connectivity index (χ0v) is 18.3. The van der Waals surface area contributed by atoms with E-state index in [1.165, 1.54) is 0 Å². The minimum Gasteiger partial charge on any atom is -0.494 e. The average molecular weight is 427 g/mol. The minimum atomic E-state index is -0.151. The quantitative estimate of drug-likeness (QED) is 0.397. The van der Waals surface area contributed by atoms with Gasteiger partial charge in [0.2, 0.25) is 0 Å². The molecule has 0 saturated carbocycles. The Labute approximate surface area is 188 Å². The summed E-state index contributed by atoms with van der Waals surface area (Å²) in [5, 5.41) is 3.86. The SMILES string of the molecule is CCOc1ccc(-c2cc(C(=O)NCc3ccccc3OCC)c3ccccc3n2)cc1. The van der Waals surface area contributed by atoms with Crippen molar-refractivity contribution < 1.29 is 14.3 Å². The van der Waals surface area contributed by atoms with Crippen LogP contribution in [-0.2, 0) is 6.54 Å². The number of benzene rings is 3. The standard InChI is InChI=1S/C27H26N2O3/c1-3-31-21-15-13-19(14-16-21)25-17-23(22-10-6-7-11-24(22)29-25)27(30)28-18-20-9-5-8-12-26(20)32-4-2/h5-17H,3-4,18H2,1-2H3,(H,28,30). The Morgan fingerprint density at radius 3 is 2.38 bits per heavy atom. The molecule has 0 fully saturated rings. The summed E-state index contributed by atoms with van der Waals surface area (Å²) in [6.45, 7) is 5.47. The summed E-state index contributed by atoms with van der Waals surface area (Å²) in [5.74, 6) is 1.44. The largest absolute Gasteiger partial charge is 0.494 e. The summed E-state index contributed by atoms with van der Waals surface area (Å²) in [7, 11) is 0. The molecule has 0 radical (unpaired) electrons. The molecule has 0 bridgehead atoms. The van der Waals surface area contributed by atoms with Gasteiger partial charge in [-0.05, 0) is 56.3 Å². The van der Waals surface area contributed by atoms with Crippen LogP contribution in [0.2, 0.25) is 0 Å². The third kappa shape index (κ3) is 4.72. The number of hydrogen-bond donors (Lipinski definition) is 1. The molecule has 1 amide bonds. The summed E-state index contributed by atoms with van der Waals surface area (Å²) in [4.78, 5) is 18.0. The summed E-state index contributed by atoms with van der Waals surface area (Å²) < 4.78 is 11.2. The number of rotatable bonds is 8. The molecule has 162 valence electrons. The summed E-state index contributed by atoms with van der Waals surface area (Å²) in [5.41, 5.74) is 3.97. The molecule has 0 unspecified atom stereocenters. The lowest BCUT2D eigenvalue weighted by atomic mass is 10.0.